The van der Waals surface area contributed by atoms with Gasteiger partial charge in [-0.1, -0.05) is 30.3 Å². The van der Waals surface area contributed by atoms with Crippen LogP contribution in [0.15, 0.2) is 30.3 Å². The summed E-state index contributed by atoms with van der Waals surface area (Å²) < 4.78 is 0. The van der Waals surface area contributed by atoms with Crippen molar-refractivity contribution in [3.05, 3.63) is 35.9 Å². The Morgan fingerprint density at radius 3 is 2.46 bits per heavy atom. The van der Waals surface area contributed by atoms with Crippen LogP contribution in [-0.2, 0) is 11.2 Å². The number of piperidine rings is 1. The van der Waals surface area contributed by atoms with E-state index in [-0.39, 0.29) is 12.4 Å². The van der Waals surface area contributed by atoms with Crippen molar-refractivity contribution in [3.63, 3.8) is 0 Å². The molecule has 134 valence electrons. The number of halogens is 1. The maximum atomic E-state index is 12.4. The molecule has 0 radical (unpaired) electrons. The second kappa shape index (κ2) is 9.43. The minimum Gasteiger partial charge on any atom is -0.346 e. The molecule has 2 heterocycles. The van der Waals surface area contributed by atoms with Crippen LogP contribution in [0.3, 0.4) is 0 Å². The van der Waals surface area contributed by atoms with Crippen LogP contribution in [-0.4, -0.2) is 36.5 Å². The van der Waals surface area contributed by atoms with Gasteiger partial charge in [-0.2, -0.15) is 0 Å². The molecule has 24 heavy (non-hydrogen) atoms. The first-order valence-electron chi connectivity index (χ1n) is 9.24. The summed E-state index contributed by atoms with van der Waals surface area (Å²) in [5.41, 5.74) is 1.40. The topological polar surface area (TPSA) is 32.3 Å². The van der Waals surface area contributed by atoms with Gasteiger partial charge in [0.1, 0.15) is 0 Å². The number of nitrogens with one attached hydrogen (secondary N) is 1. The van der Waals surface area contributed by atoms with Crippen molar-refractivity contribution in [3.8, 4) is 0 Å². The van der Waals surface area contributed by atoms with Crippen LogP contribution in [0.2, 0.25) is 0 Å². The molecule has 2 fully saturated rings. The van der Waals surface area contributed by atoms with Gasteiger partial charge in [-0.05, 0) is 56.4 Å². The molecule has 2 aliphatic rings. The van der Waals surface area contributed by atoms with E-state index in [0.29, 0.717) is 23.9 Å². The van der Waals surface area contributed by atoms with Gasteiger partial charge in [0, 0.05) is 32.1 Å². The highest BCUT2D eigenvalue weighted by Gasteiger charge is 2.34. The fourth-order valence-corrected chi connectivity index (χ4v) is 4.19. The first kappa shape index (κ1) is 19.3. The molecule has 0 saturated carbocycles. The van der Waals surface area contributed by atoms with Crippen LogP contribution in [0.4, 0.5) is 0 Å². The van der Waals surface area contributed by atoms with Gasteiger partial charge >= 0.3 is 0 Å². The van der Waals surface area contributed by atoms with E-state index in [2.05, 4.69) is 35.6 Å². The first-order valence-corrected chi connectivity index (χ1v) is 9.24. The fourth-order valence-electron chi connectivity index (χ4n) is 4.19. The van der Waals surface area contributed by atoms with Crippen LogP contribution in [0.1, 0.15) is 50.5 Å². The number of nitrogens with zero attached hydrogens (tertiary/aromatic N) is 1. The average Bonchev–Trinajstić information content (AvgIpc) is 2.91. The molecule has 0 spiro atoms. The third kappa shape index (κ3) is 5.49. The third-order valence-corrected chi connectivity index (χ3v) is 5.51. The van der Waals surface area contributed by atoms with Crippen molar-refractivity contribution in [1.29, 1.82) is 0 Å². The van der Waals surface area contributed by atoms with E-state index in [0.717, 1.165) is 32.2 Å². The summed E-state index contributed by atoms with van der Waals surface area (Å²) >= 11 is 0. The fraction of sp³-hybridized carbons (Fsp3) is 0.650. The standard InChI is InChI=1S/C20H30N2O.ClH/c1-22(12-6-5-9-16-7-3-2-4-8-16)20(23)15-17-13-18-10-11-19(14-17)21-18;/h2-4,7-8,17-19,21H,5-6,9-15H2,1H3;1H. The molecule has 1 N–H and O–H groups in total. The van der Waals surface area contributed by atoms with Gasteiger partial charge in [0.2, 0.25) is 5.91 Å². The van der Waals surface area contributed by atoms with Crippen LogP contribution in [0, 0.1) is 5.92 Å². The number of hydrogen-bond donors (Lipinski definition) is 1. The predicted octanol–water partition coefficient (Wildman–Crippen LogP) is 3.81. The van der Waals surface area contributed by atoms with Gasteiger partial charge in [0.15, 0.2) is 0 Å². The Morgan fingerprint density at radius 1 is 1.12 bits per heavy atom. The lowest BCUT2D eigenvalue weighted by Gasteiger charge is -2.30. The van der Waals surface area contributed by atoms with Crippen LogP contribution in [0.25, 0.3) is 0 Å². The van der Waals surface area contributed by atoms with Gasteiger partial charge in [-0.15, -0.1) is 12.4 Å². The zero-order valence-corrected chi connectivity index (χ0v) is 15.6. The number of rotatable bonds is 7. The van der Waals surface area contributed by atoms with Crippen molar-refractivity contribution >= 4 is 18.3 Å². The minimum atomic E-state index is 0. The zero-order chi connectivity index (χ0) is 16.1. The van der Waals surface area contributed by atoms with E-state index in [1.165, 1.54) is 31.2 Å². The van der Waals surface area contributed by atoms with Gasteiger partial charge in [0.25, 0.3) is 0 Å². The number of fused-ring (bicyclic) bond motifs is 2. The smallest absolute Gasteiger partial charge is 0.222 e. The normalized spacial score (nSPS) is 25.1. The van der Waals surface area contributed by atoms with E-state index in [4.69, 9.17) is 0 Å². The van der Waals surface area contributed by atoms with Gasteiger partial charge in [-0.3, -0.25) is 4.79 Å². The van der Waals surface area contributed by atoms with Gasteiger partial charge < -0.3 is 10.2 Å². The predicted molar refractivity (Wildman–Crippen MR) is 102 cm³/mol. The molecular formula is C20H31ClN2O. The number of aryl methyl sites for hydroxylation is 1. The number of unbranched alkanes of at least 4 members (excludes halogenated alkanes) is 1. The van der Waals surface area contributed by atoms with Gasteiger partial charge in [-0.25, -0.2) is 0 Å². The van der Waals surface area contributed by atoms with E-state index in [9.17, 15) is 4.79 Å². The second-order valence-electron chi connectivity index (χ2n) is 7.44. The molecular weight excluding hydrogens is 320 g/mol. The summed E-state index contributed by atoms with van der Waals surface area (Å²) in [6, 6.07) is 12.0. The molecule has 4 heteroatoms. The molecule has 2 atom stereocenters. The molecule has 1 amide bonds. The number of benzene rings is 1. The molecule has 3 nitrogen and oxygen atoms in total. The number of carbonyl (C=O) groups is 1. The van der Waals surface area contributed by atoms with E-state index < -0.39 is 0 Å². The second-order valence-corrected chi connectivity index (χ2v) is 7.44. The number of hydrogen-bond acceptors (Lipinski definition) is 2. The lowest BCUT2D eigenvalue weighted by molar-refractivity contribution is -0.131. The summed E-state index contributed by atoms with van der Waals surface area (Å²) in [5.74, 6) is 0.948. The van der Waals surface area contributed by atoms with Crippen molar-refractivity contribution in [1.82, 2.24) is 10.2 Å². The maximum Gasteiger partial charge on any atom is 0.222 e. The zero-order valence-electron chi connectivity index (χ0n) is 14.7. The van der Waals surface area contributed by atoms with E-state index in [1.54, 1.807) is 0 Å². The summed E-state index contributed by atoms with van der Waals surface area (Å²) in [6.45, 7) is 0.892. The molecule has 0 aromatic heterocycles. The lowest BCUT2D eigenvalue weighted by Crippen LogP contribution is -2.40. The highest BCUT2D eigenvalue weighted by molar-refractivity contribution is 5.85. The Hall–Kier alpha value is -1.06. The Labute approximate surface area is 152 Å². The Balaban J connectivity index is 0.00000208. The molecule has 2 unspecified atom stereocenters. The molecule has 0 aliphatic carbocycles. The van der Waals surface area contributed by atoms with Gasteiger partial charge in [0.05, 0.1) is 0 Å². The average molecular weight is 351 g/mol. The maximum absolute atomic E-state index is 12.4. The lowest BCUT2D eigenvalue weighted by atomic mass is 9.89. The quantitative estimate of drug-likeness (QED) is 0.758. The molecule has 1 aromatic rings. The third-order valence-electron chi connectivity index (χ3n) is 5.51. The highest BCUT2D eigenvalue weighted by atomic mass is 35.5. The highest BCUT2D eigenvalue weighted by Crippen LogP contribution is 2.32. The largest absolute Gasteiger partial charge is 0.346 e. The van der Waals surface area contributed by atoms with E-state index in [1.807, 2.05) is 11.9 Å². The Morgan fingerprint density at radius 2 is 1.79 bits per heavy atom. The van der Waals surface area contributed by atoms with Crippen molar-refractivity contribution in [2.45, 2.75) is 63.5 Å². The summed E-state index contributed by atoms with van der Waals surface area (Å²) in [5, 5.41) is 3.66. The first-order chi connectivity index (χ1) is 11.2. The molecule has 2 bridgehead atoms. The van der Waals surface area contributed by atoms with Crippen molar-refractivity contribution in [2.24, 2.45) is 5.92 Å². The Bertz CT molecular complexity index is 496. The van der Waals surface area contributed by atoms with Crippen molar-refractivity contribution < 1.29 is 4.79 Å². The monoisotopic (exact) mass is 350 g/mol. The SMILES string of the molecule is CN(CCCCc1ccccc1)C(=O)CC1CC2CCC(C1)N2.Cl. The number of carbonyl (C=O) groups excluding carboxylic acids is 1. The minimum absolute atomic E-state index is 0. The molecule has 3 rings (SSSR count). The van der Waals surface area contributed by atoms with Crippen LogP contribution < -0.4 is 5.32 Å². The van der Waals surface area contributed by atoms with E-state index >= 15 is 0 Å². The molecule has 2 aliphatic heterocycles. The molecule has 2 saturated heterocycles. The summed E-state index contributed by atoms with van der Waals surface area (Å²) in [6.07, 6.45) is 9.13. The van der Waals surface area contributed by atoms with Crippen LogP contribution in [0.5, 0.6) is 0 Å². The Kier molecular flexibility index (Phi) is 7.57. The molecule has 1 aromatic carbocycles. The summed E-state index contributed by atoms with van der Waals surface area (Å²) in [4.78, 5) is 14.4. The summed E-state index contributed by atoms with van der Waals surface area (Å²) in [7, 11) is 1.97. The number of amides is 1. The van der Waals surface area contributed by atoms with Crippen LogP contribution >= 0.6 is 12.4 Å². The van der Waals surface area contributed by atoms with Crippen molar-refractivity contribution in [2.75, 3.05) is 13.6 Å².